The third kappa shape index (κ3) is 5.07. The van der Waals surface area contributed by atoms with Gasteiger partial charge in [0, 0.05) is 44.1 Å². The smallest absolute Gasteiger partial charge is 0.257 e. The molecule has 0 unspecified atom stereocenters. The number of aromatic nitrogens is 1. The number of hydrogen-bond acceptors (Lipinski definition) is 5. The zero-order valence-corrected chi connectivity index (χ0v) is 18.0. The molecule has 0 atom stereocenters. The first-order valence-corrected chi connectivity index (χ1v) is 10.3. The molecule has 1 N–H and O–H groups in total. The molecule has 3 rings (SSSR count). The van der Waals surface area contributed by atoms with Crippen LogP contribution in [0.2, 0.25) is 0 Å². The fraction of sp³-hybridized carbons (Fsp3) is 0.333. The molecule has 0 spiro atoms. The molecule has 1 amide bonds. The SMILES string of the molecule is C=C/C(=C\N(C)C(C)C)C(=O)Nc1c(-c2ccccc2)ccnc1N1CCOCC1. The van der Waals surface area contributed by atoms with E-state index in [-0.39, 0.29) is 11.9 Å². The number of amides is 1. The van der Waals surface area contributed by atoms with Crippen LogP contribution in [0.1, 0.15) is 13.8 Å². The fourth-order valence-corrected chi connectivity index (χ4v) is 3.21. The fourth-order valence-electron chi connectivity index (χ4n) is 3.21. The Labute approximate surface area is 178 Å². The van der Waals surface area contributed by atoms with Crippen molar-refractivity contribution in [3.05, 3.63) is 67.0 Å². The van der Waals surface area contributed by atoms with Crippen LogP contribution >= 0.6 is 0 Å². The Balaban J connectivity index is 2.02. The Hall–Kier alpha value is -3.12. The maximum absolute atomic E-state index is 13.2. The summed E-state index contributed by atoms with van der Waals surface area (Å²) in [5.41, 5.74) is 3.16. The van der Waals surface area contributed by atoms with E-state index in [1.807, 2.05) is 54.5 Å². The lowest BCUT2D eigenvalue weighted by atomic mass is 10.0. The first kappa shape index (κ1) is 21.6. The molecule has 1 aliphatic heterocycles. The van der Waals surface area contributed by atoms with E-state index in [0.717, 1.165) is 30.0 Å². The number of anilines is 2. The summed E-state index contributed by atoms with van der Waals surface area (Å²) in [4.78, 5) is 21.9. The van der Waals surface area contributed by atoms with Gasteiger partial charge >= 0.3 is 0 Å². The molecule has 0 aliphatic carbocycles. The van der Waals surface area contributed by atoms with E-state index >= 15 is 0 Å². The first-order chi connectivity index (χ1) is 14.5. The van der Waals surface area contributed by atoms with Crippen LogP contribution in [0.25, 0.3) is 11.1 Å². The molecule has 6 heteroatoms. The number of rotatable bonds is 7. The highest BCUT2D eigenvalue weighted by Crippen LogP contribution is 2.35. The predicted molar refractivity (Wildman–Crippen MR) is 123 cm³/mol. The van der Waals surface area contributed by atoms with Crippen LogP contribution in [0.5, 0.6) is 0 Å². The Morgan fingerprint density at radius 2 is 1.93 bits per heavy atom. The van der Waals surface area contributed by atoms with Gasteiger partial charge in [-0.3, -0.25) is 4.79 Å². The van der Waals surface area contributed by atoms with Crippen molar-refractivity contribution in [1.29, 1.82) is 0 Å². The Morgan fingerprint density at radius 1 is 1.23 bits per heavy atom. The molecule has 30 heavy (non-hydrogen) atoms. The minimum atomic E-state index is -0.211. The summed E-state index contributed by atoms with van der Waals surface area (Å²) in [7, 11) is 1.94. The number of morpholine rings is 1. The lowest BCUT2D eigenvalue weighted by molar-refractivity contribution is -0.112. The molecule has 2 heterocycles. The molecular weight excluding hydrogens is 376 g/mol. The summed E-state index contributed by atoms with van der Waals surface area (Å²) in [5.74, 6) is 0.547. The number of carbonyl (C=O) groups excluding carboxylic acids is 1. The summed E-state index contributed by atoms with van der Waals surface area (Å²) in [5, 5.41) is 3.12. The van der Waals surface area contributed by atoms with Gasteiger partial charge in [-0.2, -0.15) is 0 Å². The van der Waals surface area contributed by atoms with Crippen molar-refractivity contribution in [3.8, 4) is 11.1 Å². The summed E-state index contributed by atoms with van der Waals surface area (Å²) < 4.78 is 5.49. The van der Waals surface area contributed by atoms with E-state index in [2.05, 4.69) is 35.6 Å². The zero-order chi connectivity index (χ0) is 21.5. The number of pyridine rings is 1. The van der Waals surface area contributed by atoms with E-state index in [9.17, 15) is 4.79 Å². The van der Waals surface area contributed by atoms with Crippen molar-refractivity contribution in [1.82, 2.24) is 9.88 Å². The van der Waals surface area contributed by atoms with Crippen molar-refractivity contribution >= 4 is 17.4 Å². The average Bonchev–Trinajstić information content (AvgIpc) is 2.78. The number of nitrogens with zero attached hydrogens (tertiary/aromatic N) is 3. The maximum atomic E-state index is 13.2. The molecule has 6 nitrogen and oxygen atoms in total. The molecule has 0 radical (unpaired) electrons. The Bertz CT molecular complexity index is 903. The highest BCUT2D eigenvalue weighted by Gasteiger charge is 2.22. The van der Waals surface area contributed by atoms with Gasteiger partial charge in [0.15, 0.2) is 5.82 Å². The molecule has 1 aliphatic rings. The highest BCUT2D eigenvalue weighted by molar-refractivity contribution is 6.09. The molecule has 0 bridgehead atoms. The highest BCUT2D eigenvalue weighted by atomic mass is 16.5. The van der Waals surface area contributed by atoms with Gasteiger partial charge in [-0.05, 0) is 25.5 Å². The second-order valence-corrected chi connectivity index (χ2v) is 7.52. The molecule has 158 valence electrons. The minimum Gasteiger partial charge on any atom is -0.378 e. The summed E-state index contributed by atoms with van der Waals surface area (Å²) in [6.45, 7) is 10.7. The Kier molecular flexibility index (Phi) is 7.25. The van der Waals surface area contributed by atoms with Gasteiger partial charge < -0.3 is 19.9 Å². The number of nitrogens with one attached hydrogen (secondary N) is 1. The molecule has 1 aromatic heterocycles. The molecule has 0 saturated carbocycles. The van der Waals surface area contributed by atoms with Crippen molar-refractivity contribution in [2.75, 3.05) is 43.6 Å². The third-order valence-corrected chi connectivity index (χ3v) is 5.20. The number of benzene rings is 1. The van der Waals surface area contributed by atoms with Gasteiger partial charge in [0.1, 0.15) is 0 Å². The average molecular weight is 407 g/mol. The van der Waals surface area contributed by atoms with E-state index in [0.29, 0.717) is 24.5 Å². The summed E-state index contributed by atoms with van der Waals surface area (Å²) in [6.07, 6.45) is 5.20. The monoisotopic (exact) mass is 406 g/mol. The van der Waals surface area contributed by atoms with Crippen LogP contribution in [0.15, 0.2) is 67.0 Å². The first-order valence-electron chi connectivity index (χ1n) is 10.3. The third-order valence-electron chi connectivity index (χ3n) is 5.20. The van der Waals surface area contributed by atoms with Gasteiger partial charge in [0.2, 0.25) is 0 Å². The maximum Gasteiger partial charge on any atom is 0.257 e. The van der Waals surface area contributed by atoms with Gasteiger partial charge in [-0.25, -0.2) is 4.98 Å². The predicted octanol–water partition coefficient (Wildman–Crippen LogP) is 3.93. The number of hydrogen-bond donors (Lipinski definition) is 1. The standard InChI is InChI=1S/C24H30N4O2/c1-5-19(17-27(4)18(2)3)24(29)26-22-21(20-9-7-6-8-10-20)11-12-25-23(22)28-13-15-30-16-14-28/h5-12,17-18H,1,13-16H2,2-4H3,(H,26,29)/b19-17+. The largest absolute Gasteiger partial charge is 0.378 e. The topological polar surface area (TPSA) is 57.7 Å². The van der Waals surface area contributed by atoms with E-state index < -0.39 is 0 Å². The quantitative estimate of drug-likeness (QED) is 0.558. The molecule has 1 fully saturated rings. The van der Waals surface area contributed by atoms with Crippen LogP contribution in [-0.2, 0) is 9.53 Å². The van der Waals surface area contributed by atoms with Crippen LogP contribution in [-0.4, -0.2) is 55.2 Å². The van der Waals surface area contributed by atoms with Crippen molar-refractivity contribution in [2.24, 2.45) is 0 Å². The van der Waals surface area contributed by atoms with E-state index in [1.165, 1.54) is 0 Å². The van der Waals surface area contributed by atoms with Gasteiger partial charge in [0.25, 0.3) is 5.91 Å². The van der Waals surface area contributed by atoms with Crippen LogP contribution in [0, 0.1) is 0 Å². The number of carbonyl (C=O) groups is 1. The van der Waals surface area contributed by atoms with Crippen LogP contribution in [0.3, 0.4) is 0 Å². The van der Waals surface area contributed by atoms with Gasteiger partial charge in [-0.15, -0.1) is 0 Å². The second kappa shape index (κ2) is 10.1. The van der Waals surface area contributed by atoms with Crippen molar-refractivity contribution in [3.63, 3.8) is 0 Å². The number of ether oxygens (including phenoxy) is 1. The van der Waals surface area contributed by atoms with Crippen molar-refractivity contribution < 1.29 is 9.53 Å². The van der Waals surface area contributed by atoms with Gasteiger partial charge in [-0.1, -0.05) is 43.0 Å². The van der Waals surface area contributed by atoms with Crippen LogP contribution < -0.4 is 10.2 Å². The molecule has 1 saturated heterocycles. The zero-order valence-electron chi connectivity index (χ0n) is 18.0. The lowest BCUT2D eigenvalue weighted by Gasteiger charge is -2.30. The van der Waals surface area contributed by atoms with Gasteiger partial charge in [0.05, 0.1) is 24.5 Å². The molecule has 2 aromatic rings. The molecular formula is C24H30N4O2. The lowest BCUT2D eigenvalue weighted by Crippen LogP contribution is -2.37. The second-order valence-electron chi connectivity index (χ2n) is 7.52. The normalized spacial score (nSPS) is 14.5. The Morgan fingerprint density at radius 3 is 2.57 bits per heavy atom. The molecule has 1 aromatic carbocycles. The van der Waals surface area contributed by atoms with Crippen molar-refractivity contribution in [2.45, 2.75) is 19.9 Å². The van der Waals surface area contributed by atoms with Crippen LogP contribution in [0.4, 0.5) is 11.5 Å². The van der Waals surface area contributed by atoms with E-state index in [4.69, 9.17) is 4.74 Å². The van der Waals surface area contributed by atoms with E-state index in [1.54, 1.807) is 12.3 Å². The minimum absolute atomic E-state index is 0.211. The summed E-state index contributed by atoms with van der Waals surface area (Å²) in [6, 6.07) is 12.2. The summed E-state index contributed by atoms with van der Waals surface area (Å²) >= 11 is 0.